The average Bonchev–Trinajstić information content (AvgIpc) is 2.78. The van der Waals surface area contributed by atoms with Crippen LogP contribution in [0.2, 0.25) is 0 Å². The molecule has 4 rings (SSSR count). The number of carbonyl (C=O) groups is 2. The maximum Gasteiger partial charge on any atom is 0.339 e. The lowest BCUT2D eigenvalue weighted by molar-refractivity contribution is -0.154. The molecule has 3 aromatic carbocycles. The van der Waals surface area contributed by atoms with Gasteiger partial charge in [0.15, 0.2) is 11.9 Å². The summed E-state index contributed by atoms with van der Waals surface area (Å²) in [5.74, 6) is -1.95. The van der Waals surface area contributed by atoms with E-state index in [1.807, 2.05) is 79.7 Å². The van der Waals surface area contributed by atoms with E-state index in [0.29, 0.717) is 19.3 Å². The van der Waals surface area contributed by atoms with Gasteiger partial charge in [-0.1, -0.05) is 79.7 Å². The lowest BCUT2D eigenvalue weighted by Gasteiger charge is -2.27. The minimum Gasteiger partial charge on any atom is -0.504 e. The average molecular weight is 400 g/mol. The van der Waals surface area contributed by atoms with E-state index in [4.69, 9.17) is 4.74 Å². The van der Waals surface area contributed by atoms with Crippen molar-refractivity contribution in [2.75, 3.05) is 0 Å². The Morgan fingerprint density at radius 2 is 1.63 bits per heavy atom. The van der Waals surface area contributed by atoms with Gasteiger partial charge < -0.3 is 9.84 Å². The van der Waals surface area contributed by atoms with Gasteiger partial charge in [-0.3, -0.25) is 4.79 Å². The number of Topliss-reactive ketones (excluding diaryl/α,β-unsaturated/α-hetero) is 1. The molecule has 4 nitrogen and oxygen atoms in total. The molecule has 0 radical (unpaired) electrons. The van der Waals surface area contributed by atoms with Crippen molar-refractivity contribution < 1.29 is 19.4 Å². The second-order valence-electron chi connectivity index (χ2n) is 7.57. The van der Waals surface area contributed by atoms with E-state index in [1.54, 1.807) is 0 Å². The number of cyclic esters (lactones) is 1. The Balaban J connectivity index is 1.57. The minimum atomic E-state index is -0.964. The quantitative estimate of drug-likeness (QED) is 0.572. The second kappa shape index (κ2) is 8.54. The molecule has 0 aromatic heterocycles. The fourth-order valence-corrected chi connectivity index (χ4v) is 4.21. The summed E-state index contributed by atoms with van der Waals surface area (Å²) in [5, 5.41) is 12.9. The molecule has 30 heavy (non-hydrogen) atoms. The lowest BCUT2D eigenvalue weighted by atomic mass is 9.85. The zero-order valence-corrected chi connectivity index (χ0v) is 16.9. The Morgan fingerprint density at radius 3 is 2.40 bits per heavy atom. The lowest BCUT2D eigenvalue weighted by Crippen LogP contribution is -2.37. The van der Waals surface area contributed by atoms with E-state index in [-0.39, 0.29) is 11.5 Å². The fourth-order valence-electron chi connectivity index (χ4n) is 4.21. The largest absolute Gasteiger partial charge is 0.504 e. The first-order chi connectivity index (χ1) is 14.6. The summed E-state index contributed by atoms with van der Waals surface area (Å²) in [6, 6.07) is 23.5. The summed E-state index contributed by atoms with van der Waals surface area (Å²) in [5.41, 5.74) is 2.03. The van der Waals surface area contributed by atoms with Gasteiger partial charge in [-0.2, -0.15) is 0 Å². The van der Waals surface area contributed by atoms with Crippen LogP contribution in [0.25, 0.3) is 10.8 Å². The zero-order valence-electron chi connectivity index (χ0n) is 16.9. The van der Waals surface area contributed by atoms with Gasteiger partial charge >= 0.3 is 5.97 Å². The highest BCUT2D eigenvalue weighted by Crippen LogP contribution is 2.34. The number of ketones is 1. The summed E-state index contributed by atoms with van der Waals surface area (Å²) in [6.45, 7) is 1.92. The van der Waals surface area contributed by atoms with Crippen LogP contribution in [-0.4, -0.2) is 23.0 Å². The van der Waals surface area contributed by atoms with Crippen LogP contribution in [0.1, 0.15) is 36.8 Å². The van der Waals surface area contributed by atoms with Gasteiger partial charge in [0, 0.05) is 5.92 Å². The van der Waals surface area contributed by atoms with Crippen LogP contribution in [0, 0.1) is 0 Å². The molecule has 2 atom stereocenters. The first-order valence-corrected chi connectivity index (χ1v) is 10.3. The van der Waals surface area contributed by atoms with E-state index < -0.39 is 23.6 Å². The minimum absolute atomic E-state index is 0.0649. The number of aliphatic hydroxyl groups is 1. The predicted molar refractivity (Wildman–Crippen MR) is 116 cm³/mol. The number of carbonyl (C=O) groups excluding carboxylic acids is 2. The summed E-state index contributed by atoms with van der Waals surface area (Å²) < 4.78 is 5.51. The molecule has 1 heterocycles. The Morgan fingerprint density at radius 1 is 0.933 bits per heavy atom. The third kappa shape index (κ3) is 3.73. The van der Waals surface area contributed by atoms with Crippen LogP contribution in [0.4, 0.5) is 0 Å². The number of rotatable bonds is 6. The van der Waals surface area contributed by atoms with Crippen LogP contribution >= 0.6 is 0 Å². The molecule has 0 bridgehead atoms. The van der Waals surface area contributed by atoms with Crippen molar-refractivity contribution >= 4 is 22.5 Å². The molecule has 0 fully saturated rings. The molecule has 152 valence electrons. The topological polar surface area (TPSA) is 63.6 Å². The van der Waals surface area contributed by atoms with Crippen LogP contribution in [0.15, 0.2) is 84.1 Å². The number of hydrogen-bond donors (Lipinski definition) is 1. The van der Waals surface area contributed by atoms with E-state index in [9.17, 15) is 14.7 Å². The number of aryl methyl sites for hydroxylation is 1. The number of aliphatic hydroxyl groups excluding tert-OH is 1. The fraction of sp³-hybridized carbons (Fsp3) is 0.231. The first-order valence-electron chi connectivity index (χ1n) is 10.3. The summed E-state index contributed by atoms with van der Waals surface area (Å²) in [4.78, 5) is 25.6. The summed E-state index contributed by atoms with van der Waals surface area (Å²) in [6.07, 6.45) is 0.516. The van der Waals surface area contributed by atoms with Gasteiger partial charge in [0.1, 0.15) is 0 Å². The molecule has 0 aliphatic carbocycles. The van der Waals surface area contributed by atoms with Gasteiger partial charge in [0.05, 0.1) is 5.57 Å². The van der Waals surface area contributed by atoms with Crippen LogP contribution in [0.5, 0.6) is 0 Å². The smallest absolute Gasteiger partial charge is 0.339 e. The monoisotopic (exact) mass is 400 g/mol. The molecule has 1 N–H and O–H groups in total. The van der Waals surface area contributed by atoms with E-state index in [2.05, 4.69) is 0 Å². The maximum atomic E-state index is 12.8. The normalized spacial score (nSPS) is 17.8. The van der Waals surface area contributed by atoms with Crippen LogP contribution < -0.4 is 0 Å². The Bertz CT molecular complexity index is 1110. The van der Waals surface area contributed by atoms with Crippen molar-refractivity contribution in [3.05, 3.63) is 95.3 Å². The number of esters is 1. The molecular formula is C26H24O4. The molecule has 0 spiro atoms. The van der Waals surface area contributed by atoms with Gasteiger partial charge in [0.2, 0.25) is 5.78 Å². The first kappa shape index (κ1) is 19.9. The van der Waals surface area contributed by atoms with Crippen molar-refractivity contribution in [2.24, 2.45) is 0 Å². The predicted octanol–water partition coefficient (Wildman–Crippen LogP) is 5.27. The van der Waals surface area contributed by atoms with E-state index in [0.717, 1.165) is 21.9 Å². The Hall–Kier alpha value is -3.40. The molecular weight excluding hydrogens is 376 g/mol. The number of benzene rings is 3. The van der Waals surface area contributed by atoms with Crippen molar-refractivity contribution in [1.29, 1.82) is 0 Å². The maximum absolute atomic E-state index is 12.8. The third-order valence-electron chi connectivity index (χ3n) is 5.76. The molecule has 3 aromatic rings. The van der Waals surface area contributed by atoms with Gasteiger partial charge in [-0.15, -0.1) is 0 Å². The molecule has 0 saturated heterocycles. The van der Waals surface area contributed by atoms with E-state index >= 15 is 0 Å². The van der Waals surface area contributed by atoms with Crippen molar-refractivity contribution in [1.82, 2.24) is 0 Å². The highest BCUT2D eigenvalue weighted by atomic mass is 16.6. The van der Waals surface area contributed by atoms with Crippen LogP contribution in [-0.2, 0) is 20.7 Å². The molecule has 0 amide bonds. The summed E-state index contributed by atoms with van der Waals surface area (Å²) in [7, 11) is 0. The second-order valence-corrected chi connectivity index (χ2v) is 7.57. The van der Waals surface area contributed by atoms with Gasteiger partial charge in [0.25, 0.3) is 0 Å². The zero-order chi connectivity index (χ0) is 21.1. The number of hydrogen-bond acceptors (Lipinski definition) is 4. The van der Waals surface area contributed by atoms with E-state index in [1.165, 1.54) is 0 Å². The Kier molecular flexibility index (Phi) is 5.66. The molecule has 1 aliphatic rings. The Labute approximate surface area is 175 Å². The highest BCUT2D eigenvalue weighted by Gasteiger charge is 2.39. The van der Waals surface area contributed by atoms with Gasteiger partial charge in [-0.05, 0) is 41.2 Å². The standard InChI is InChI=1S/C26H24O4/c1-2-20(17-9-4-3-5-10-17)23-25(28)24(27)22(30-26(23)29)16-15-19-13-8-12-18-11-6-7-14-21(18)19/h3-14,20,22,28H,2,15-16H2,1H3. The number of ether oxygens (including phenoxy) is 1. The van der Waals surface area contributed by atoms with Crippen molar-refractivity contribution in [3.8, 4) is 0 Å². The summed E-state index contributed by atoms with van der Waals surface area (Å²) >= 11 is 0. The molecule has 1 aliphatic heterocycles. The highest BCUT2D eigenvalue weighted by molar-refractivity contribution is 6.09. The molecule has 2 unspecified atom stereocenters. The SMILES string of the molecule is CCC(C1=C(O)C(=O)C(CCc2cccc3ccccc23)OC1=O)c1ccccc1. The van der Waals surface area contributed by atoms with Crippen molar-refractivity contribution in [3.63, 3.8) is 0 Å². The number of fused-ring (bicyclic) bond motifs is 1. The van der Waals surface area contributed by atoms with Crippen LogP contribution in [0.3, 0.4) is 0 Å². The van der Waals surface area contributed by atoms with Crippen molar-refractivity contribution in [2.45, 2.75) is 38.2 Å². The molecule has 0 saturated carbocycles. The third-order valence-corrected chi connectivity index (χ3v) is 5.76. The molecule has 4 heteroatoms. The van der Waals surface area contributed by atoms with Gasteiger partial charge in [-0.25, -0.2) is 4.79 Å².